The summed E-state index contributed by atoms with van der Waals surface area (Å²) in [6, 6.07) is 5.27. The minimum Gasteiger partial charge on any atom is -0.354 e. The van der Waals surface area contributed by atoms with E-state index >= 15 is 0 Å². The molecular weight excluding hydrogens is 367 g/mol. The van der Waals surface area contributed by atoms with E-state index in [4.69, 9.17) is 11.6 Å². The van der Waals surface area contributed by atoms with Crippen molar-refractivity contribution in [3.05, 3.63) is 41.2 Å². The molecule has 0 amide bonds. The molecule has 2 heterocycles. The Balaban J connectivity index is 1.80. The molecule has 2 aromatic rings. The summed E-state index contributed by atoms with van der Waals surface area (Å²) in [6.45, 7) is 6.61. The van der Waals surface area contributed by atoms with Crippen molar-refractivity contribution in [3.8, 4) is 0 Å². The van der Waals surface area contributed by atoms with Crippen LogP contribution in [0.5, 0.6) is 0 Å². The van der Waals surface area contributed by atoms with Crippen molar-refractivity contribution >= 4 is 28.9 Å². The molecule has 1 aliphatic rings. The molecule has 1 aromatic heterocycles. The first-order valence-electron chi connectivity index (χ1n) is 8.30. The Morgan fingerprint density at radius 1 is 1.12 bits per heavy atom. The van der Waals surface area contributed by atoms with Gasteiger partial charge in [-0.25, -0.2) is 9.97 Å². The lowest BCUT2D eigenvalue weighted by Gasteiger charge is -2.34. The van der Waals surface area contributed by atoms with Gasteiger partial charge >= 0.3 is 6.18 Å². The number of piperazine rings is 1. The number of nitrogens with one attached hydrogen (secondary N) is 1. The Kier molecular flexibility index (Phi) is 5.52. The van der Waals surface area contributed by atoms with Gasteiger partial charge in [-0.05, 0) is 24.7 Å². The van der Waals surface area contributed by atoms with Crippen LogP contribution in [0.25, 0.3) is 0 Å². The SMILES string of the molecule is CCN1CCN(c2cc(Nc3ccc(Cl)cc3C(F)(F)F)ncn2)CC1. The van der Waals surface area contributed by atoms with Crippen LogP contribution >= 0.6 is 11.6 Å². The number of alkyl halides is 3. The number of hydrogen-bond acceptors (Lipinski definition) is 5. The molecule has 0 bridgehead atoms. The highest BCUT2D eigenvalue weighted by Crippen LogP contribution is 2.37. The summed E-state index contributed by atoms with van der Waals surface area (Å²) in [5.41, 5.74) is -0.927. The topological polar surface area (TPSA) is 44.3 Å². The summed E-state index contributed by atoms with van der Waals surface area (Å²) in [5.74, 6) is 1.00. The fourth-order valence-electron chi connectivity index (χ4n) is 2.88. The maximum atomic E-state index is 13.2. The average Bonchev–Trinajstić information content (AvgIpc) is 2.63. The van der Waals surface area contributed by atoms with Gasteiger partial charge in [0, 0.05) is 37.3 Å². The van der Waals surface area contributed by atoms with Gasteiger partial charge in [0.05, 0.1) is 11.3 Å². The fourth-order valence-corrected chi connectivity index (χ4v) is 3.05. The Bertz CT molecular complexity index is 760. The van der Waals surface area contributed by atoms with Crippen molar-refractivity contribution in [2.75, 3.05) is 42.9 Å². The van der Waals surface area contributed by atoms with Crippen LogP contribution in [0.2, 0.25) is 5.02 Å². The van der Waals surface area contributed by atoms with E-state index < -0.39 is 11.7 Å². The molecule has 0 aliphatic carbocycles. The Morgan fingerprint density at radius 3 is 2.50 bits per heavy atom. The van der Waals surface area contributed by atoms with Crippen LogP contribution < -0.4 is 10.2 Å². The van der Waals surface area contributed by atoms with Gasteiger partial charge in [0.1, 0.15) is 18.0 Å². The largest absolute Gasteiger partial charge is 0.418 e. The molecule has 0 spiro atoms. The fraction of sp³-hybridized carbons (Fsp3) is 0.412. The third-order valence-corrected chi connectivity index (χ3v) is 4.58. The molecule has 140 valence electrons. The van der Waals surface area contributed by atoms with Gasteiger partial charge < -0.3 is 15.1 Å². The Morgan fingerprint density at radius 2 is 1.85 bits per heavy atom. The lowest BCUT2D eigenvalue weighted by molar-refractivity contribution is -0.136. The number of benzene rings is 1. The summed E-state index contributed by atoms with van der Waals surface area (Å²) in [4.78, 5) is 12.7. The number of hydrogen-bond donors (Lipinski definition) is 1. The smallest absolute Gasteiger partial charge is 0.354 e. The van der Waals surface area contributed by atoms with E-state index in [0.29, 0.717) is 11.6 Å². The summed E-state index contributed by atoms with van der Waals surface area (Å²) < 4.78 is 39.7. The van der Waals surface area contributed by atoms with Gasteiger partial charge in [-0.3, -0.25) is 0 Å². The van der Waals surface area contributed by atoms with E-state index in [0.717, 1.165) is 38.8 Å². The van der Waals surface area contributed by atoms with Crippen molar-refractivity contribution in [1.82, 2.24) is 14.9 Å². The molecule has 3 rings (SSSR count). The van der Waals surface area contributed by atoms with Crippen LogP contribution in [0.3, 0.4) is 0 Å². The van der Waals surface area contributed by atoms with E-state index in [1.54, 1.807) is 6.07 Å². The van der Waals surface area contributed by atoms with Gasteiger partial charge in [0.25, 0.3) is 0 Å². The highest BCUT2D eigenvalue weighted by Gasteiger charge is 2.34. The predicted molar refractivity (Wildman–Crippen MR) is 96.1 cm³/mol. The lowest BCUT2D eigenvalue weighted by Crippen LogP contribution is -2.46. The second kappa shape index (κ2) is 7.67. The second-order valence-electron chi connectivity index (χ2n) is 6.00. The highest BCUT2D eigenvalue weighted by atomic mass is 35.5. The van der Waals surface area contributed by atoms with Crippen molar-refractivity contribution in [3.63, 3.8) is 0 Å². The highest BCUT2D eigenvalue weighted by molar-refractivity contribution is 6.30. The molecule has 1 saturated heterocycles. The number of nitrogens with zero attached hydrogens (tertiary/aromatic N) is 4. The third kappa shape index (κ3) is 4.37. The minimum atomic E-state index is -4.51. The average molecular weight is 386 g/mol. The number of halogens is 4. The molecule has 0 atom stereocenters. The van der Waals surface area contributed by atoms with Crippen LogP contribution in [-0.2, 0) is 6.18 Å². The van der Waals surface area contributed by atoms with E-state index in [1.807, 2.05) is 0 Å². The van der Waals surface area contributed by atoms with Gasteiger partial charge in [-0.2, -0.15) is 13.2 Å². The monoisotopic (exact) mass is 385 g/mol. The molecule has 1 aromatic carbocycles. The van der Waals surface area contributed by atoms with Crippen LogP contribution in [0.15, 0.2) is 30.6 Å². The van der Waals surface area contributed by atoms with E-state index in [2.05, 4.69) is 32.0 Å². The van der Waals surface area contributed by atoms with E-state index in [1.165, 1.54) is 18.5 Å². The number of anilines is 3. The van der Waals surface area contributed by atoms with Gasteiger partial charge in [-0.15, -0.1) is 0 Å². The number of rotatable bonds is 4. The lowest BCUT2D eigenvalue weighted by atomic mass is 10.1. The first-order chi connectivity index (χ1) is 12.4. The first-order valence-corrected chi connectivity index (χ1v) is 8.67. The molecule has 1 fully saturated rings. The number of aromatic nitrogens is 2. The van der Waals surface area contributed by atoms with Crippen molar-refractivity contribution in [1.29, 1.82) is 0 Å². The van der Waals surface area contributed by atoms with Crippen LogP contribution in [0.4, 0.5) is 30.5 Å². The summed E-state index contributed by atoms with van der Waals surface area (Å²) in [7, 11) is 0. The molecule has 5 nitrogen and oxygen atoms in total. The number of likely N-dealkylation sites (N-methyl/N-ethyl adjacent to an activating group) is 1. The van der Waals surface area contributed by atoms with Crippen molar-refractivity contribution < 1.29 is 13.2 Å². The summed E-state index contributed by atoms with van der Waals surface area (Å²) >= 11 is 5.71. The zero-order valence-electron chi connectivity index (χ0n) is 14.2. The Hall–Kier alpha value is -2.06. The van der Waals surface area contributed by atoms with Gasteiger partial charge in [-0.1, -0.05) is 18.5 Å². The molecule has 1 aliphatic heterocycles. The van der Waals surface area contributed by atoms with Crippen LogP contribution in [0, 0.1) is 0 Å². The van der Waals surface area contributed by atoms with E-state index in [-0.39, 0.29) is 10.7 Å². The maximum absolute atomic E-state index is 13.2. The third-order valence-electron chi connectivity index (χ3n) is 4.35. The zero-order chi connectivity index (χ0) is 18.7. The first kappa shape index (κ1) is 18.7. The van der Waals surface area contributed by atoms with Crippen molar-refractivity contribution in [2.24, 2.45) is 0 Å². The predicted octanol–water partition coefficient (Wildman–Crippen LogP) is 4.03. The maximum Gasteiger partial charge on any atom is 0.418 e. The van der Waals surface area contributed by atoms with E-state index in [9.17, 15) is 13.2 Å². The molecule has 9 heteroatoms. The summed E-state index contributed by atoms with van der Waals surface area (Å²) in [5, 5.41) is 2.77. The van der Waals surface area contributed by atoms with Gasteiger partial charge in [0.15, 0.2) is 0 Å². The zero-order valence-corrected chi connectivity index (χ0v) is 15.0. The van der Waals surface area contributed by atoms with Crippen LogP contribution in [-0.4, -0.2) is 47.6 Å². The van der Waals surface area contributed by atoms with Crippen LogP contribution in [0.1, 0.15) is 12.5 Å². The molecule has 0 saturated carbocycles. The molecule has 0 unspecified atom stereocenters. The standard InChI is InChI=1S/C17H19ClF3N5/c1-2-25-5-7-26(8-6-25)16-10-15(22-11-23-16)24-14-4-3-12(18)9-13(14)17(19,20)21/h3-4,9-11H,2,5-8H2,1H3,(H,22,23,24). The molecular formula is C17H19ClF3N5. The molecule has 26 heavy (non-hydrogen) atoms. The summed E-state index contributed by atoms with van der Waals surface area (Å²) in [6.07, 6.45) is -3.16. The molecule has 1 N–H and O–H groups in total. The van der Waals surface area contributed by atoms with Crippen molar-refractivity contribution in [2.45, 2.75) is 13.1 Å². The molecule has 0 radical (unpaired) electrons. The quantitative estimate of drug-likeness (QED) is 0.860. The van der Waals surface area contributed by atoms with Gasteiger partial charge in [0.2, 0.25) is 0 Å². The minimum absolute atomic E-state index is 0.0278. The Labute approximate surface area is 154 Å². The second-order valence-corrected chi connectivity index (χ2v) is 6.43. The normalized spacial score (nSPS) is 16.0.